The average molecular weight is 232 g/mol. The van der Waals surface area contributed by atoms with E-state index in [9.17, 15) is 4.79 Å². The molecule has 92 valence electrons. The molecule has 1 amide bonds. The molecule has 0 bridgehead atoms. The van der Waals surface area contributed by atoms with Gasteiger partial charge in [-0.15, -0.1) is 0 Å². The lowest BCUT2D eigenvalue weighted by Gasteiger charge is -2.22. The molecule has 0 aromatic heterocycles. The number of para-hydroxylation sites is 1. The third-order valence-corrected chi connectivity index (χ3v) is 3.22. The van der Waals surface area contributed by atoms with Gasteiger partial charge in [0.2, 0.25) is 5.91 Å². The first-order chi connectivity index (χ1) is 8.24. The average Bonchev–Trinajstić information content (AvgIpc) is 2.78. The Bertz CT molecular complexity index is 403. The number of benzene rings is 1. The quantitative estimate of drug-likeness (QED) is 0.860. The maximum atomic E-state index is 12.3. The van der Waals surface area contributed by atoms with Crippen molar-refractivity contribution in [3.05, 3.63) is 29.8 Å². The van der Waals surface area contributed by atoms with E-state index in [1.807, 2.05) is 30.0 Å². The number of carbonyl (C=O) groups excluding carboxylic acids is 1. The number of fused-ring (bicyclic) bond motifs is 1. The molecule has 0 radical (unpaired) electrons. The van der Waals surface area contributed by atoms with E-state index in [4.69, 9.17) is 0 Å². The molecule has 0 saturated carbocycles. The van der Waals surface area contributed by atoms with E-state index in [1.54, 1.807) is 0 Å². The second kappa shape index (κ2) is 5.32. The van der Waals surface area contributed by atoms with Crippen molar-refractivity contribution >= 4 is 11.6 Å². The van der Waals surface area contributed by atoms with Gasteiger partial charge in [0.15, 0.2) is 0 Å². The Morgan fingerprint density at radius 2 is 2.24 bits per heavy atom. The molecular formula is C14H20N2O. The van der Waals surface area contributed by atoms with Gasteiger partial charge in [-0.1, -0.05) is 25.1 Å². The zero-order chi connectivity index (χ0) is 12.3. The first-order valence-corrected chi connectivity index (χ1v) is 6.36. The highest BCUT2D eigenvalue weighted by atomic mass is 16.2. The second-order valence-electron chi connectivity index (χ2n) is 4.54. The fraction of sp³-hybridized carbons (Fsp3) is 0.500. The summed E-state index contributed by atoms with van der Waals surface area (Å²) < 4.78 is 0. The van der Waals surface area contributed by atoms with Crippen LogP contribution in [0.2, 0.25) is 0 Å². The SMILES string of the molecule is CCCNC(C)C(=O)N1CCc2ccccc21. The van der Waals surface area contributed by atoms with Crippen molar-refractivity contribution in [3.8, 4) is 0 Å². The van der Waals surface area contributed by atoms with Crippen LogP contribution in [0.4, 0.5) is 5.69 Å². The Morgan fingerprint density at radius 1 is 1.47 bits per heavy atom. The summed E-state index contributed by atoms with van der Waals surface area (Å²) in [6.45, 7) is 5.76. The van der Waals surface area contributed by atoms with Crippen LogP contribution in [-0.4, -0.2) is 25.0 Å². The molecule has 2 rings (SSSR count). The Balaban J connectivity index is 2.07. The molecular weight excluding hydrogens is 212 g/mol. The number of amides is 1. The number of carbonyl (C=O) groups is 1. The minimum absolute atomic E-state index is 0.0962. The van der Waals surface area contributed by atoms with Crippen LogP contribution in [0, 0.1) is 0 Å². The van der Waals surface area contributed by atoms with Crippen LogP contribution in [0.5, 0.6) is 0 Å². The largest absolute Gasteiger partial charge is 0.310 e. The number of anilines is 1. The number of nitrogens with one attached hydrogen (secondary N) is 1. The molecule has 3 nitrogen and oxygen atoms in total. The first kappa shape index (κ1) is 12.1. The molecule has 1 atom stereocenters. The summed E-state index contributed by atoms with van der Waals surface area (Å²) in [5.74, 6) is 0.184. The summed E-state index contributed by atoms with van der Waals surface area (Å²) >= 11 is 0. The zero-order valence-electron chi connectivity index (χ0n) is 10.6. The molecule has 1 N–H and O–H groups in total. The number of rotatable bonds is 4. The topological polar surface area (TPSA) is 32.3 Å². The first-order valence-electron chi connectivity index (χ1n) is 6.36. The van der Waals surface area contributed by atoms with E-state index in [2.05, 4.69) is 18.3 Å². The van der Waals surface area contributed by atoms with Crippen molar-refractivity contribution in [1.82, 2.24) is 5.32 Å². The Kier molecular flexibility index (Phi) is 3.79. The second-order valence-corrected chi connectivity index (χ2v) is 4.54. The van der Waals surface area contributed by atoms with Crippen LogP contribution in [0.15, 0.2) is 24.3 Å². The van der Waals surface area contributed by atoms with Crippen LogP contribution in [0.25, 0.3) is 0 Å². The van der Waals surface area contributed by atoms with E-state index < -0.39 is 0 Å². The normalized spacial score (nSPS) is 15.8. The summed E-state index contributed by atoms with van der Waals surface area (Å²) in [5, 5.41) is 3.25. The van der Waals surface area contributed by atoms with Crippen LogP contribution in [-0.2, 0) is 11.2 Å². The fourth-order valence-corrected chi connectivity index (χ4v) is 2.25. The van der Waals surface area contributed by atoms with Gasteiger partial charge in [-0.25, -0.2) is 0 Å². The van der Waals surface area contributed by atoms with Crippen LogP contribution in [0.1, 0.15) is 25.8 Å². The molecule has 0 spiro atoms. The molecule has 0 fully saturated rings. The van der Waals surface area contributed by atoms with E-state index in [-0.39, 0.29) is 11.9 Å². The fourth-order valence-electron chi connectivity index (χ4n) is 2.25. The van der Waals surface area contributed by atoms with Crippen molar-refractivity contribution < 1.29 is 4.79 Å². The highest BCUT2D eigenvalue weighted by molar-refractivity contribution is 5.98. The molecule has 1 heterocycles. The maximum absolute atomic E-state index is 12.3. The van der Waals surface area contributed by atoms with Crippen molar-refractivity contribution in [2.75, 3.05) is 18.0 Å². The lowest BCUT2D eigenvalue weighted by atomic mass is 10.2. The van der Waals surface area contributed by atoms with Crippen molar-refractivity contribution in [2.45, 2.75) is 32.7 Å². The van der Waals surface area contributed by atoms with E-state index in [1.165, 1.54) is 5.56 Å². The highest BCUT2D eigenvalue weighted by Gasteiger charge is 2.27. The molecule has 1 aromatic rings. The minimum atomic E-state index is -0.0962. The smallest absolute Gasteiger partial charge is 0.243 e. The molecule has 0 aliphatic carbocycles. The van der Waals surface area contributed by atoms with Gasteiger partial charge in [-0.05, 0) is 37.9 Å². The zero-order valence-corrected chi connectivity index (χ0v) is 10.6. The molecule has 1 aromatic carbocycles. The predicted octanol–water partition coefficient (Wildman–Crippen LogP) is 1.96. The maximum Gasteiger partial charge on any atom is 0.243 e. The van der Waals surface area contributed by atoms with Crippen LogP contribution < -0.4 is 10.2 Å². The van der Waals surface area contributed by atoms with Gasteiger partial charge < -0.3 is 10.2 Å². The molecule has 1 aliphatic heterocycles. The standard InChI is InChI=1S/C14H20N2O/c1-3-9-15-11(2)14(17)16-10-8-12-6-4-5-7-13(12)16/h4-7,11,15H,3,8-10H2,1-2H3. The number of hydrogen-bond donors (Lipinski definition) is 1. The summed E-state index contributed by atoms with van der Waals surface area (Å²) in [4.78, 5) is 14.2. The molecule has 0 saturated heterocycles. The van der Waals surface area contributed by atoms with Gasteiger partial charge in [-0.2, -0.15) is 0 Å². The van der Waals surface area contributed by atoms with Crippen molar-refractivity contribution in [3.63, 3.8) is 0 Å². The molecule has 1 unspecified atom stereocenters. The van der Waals surface area contributed by atoms with Gasteiger partial charge >= 0.3 is 0 Å². The predicted molar refractivity (Wildman–Crippen MR) is 70.3 cm³/mol. The van der Waals surface area contributed by atoms with E-state index in [0.717, 1.165) is 31.6 Å². The van der Waals surface area contributed by atoms with Crippen LogP contribution >= 0.6 is 0 Å². The Hall–Kier alpha value is -1.35. The van der Waals surface area contributed by atoms with Gasteiger partial charge in [0.05, 0.1) is 6.04 Å². The summed E-state index contributed by atoms with van der Waals surface area (Å²) in [7, 11) is 0. The molecule has 3 heteroatoms. The molecule has 17 heavy (non-hydrogen) atoms. The van der Waals surface area contributed by atoms with Gasteiger partial charge in [0.25, 0.3) is 0 Å². The highest BCUT2D eigenvalue weighted by Crippen LogP contribution is 2.27. The Morgan fingerprint density at radius 3 is 3.00 bits per heavy atom. The minimum Gasteiger partial charge on any atom is -0.310 e. The van der Waals surface area contributed by atoms with E-state index in [0.29, 0.717) is 0 Å². The van der Waals surface area contributed by atoms with Crippen LogP contribution in [0.3, 0.4) is 0 Å². The van der Waals surface area contributed by atoms with Crippen molar-refractivity contribution in [2.24, 2.45) is 0 Å². The summed E-state index contributed by atoms with van der Waals surface area (Å²) in [5.41, 5.74) is 2.37. The van der Waals surface area contributed by atoms with Crippen molar-refractivity contribution in [1.29, 1.82) is 0 Å². The lowest BCUT2D eigenvalue weighted by Crippen LogP contribution is -2.44. The monoisotopic (exact) mass is 232 g/mol. The van der Waals surface area contributed by atoms with E-state index >= 15 is 0 Å². The third-order valence-electron chi connectivity index (χ3n) is 3.22. The number of nitrogens with zero attached hydrogens (tertiary/aromatic N) is 1. The Labute approximate surface area is 103 Å². The summed E-state index contributed by atoms with van der Waals surface area (Å²) in [6, 6.07) is 8.07. The third kappa shape index (κ3) is 2.50. The van der Waals surface area contributed by atoms with Gasteiger partial charge in [-0.3, -0.25) is 4.79 Å². The summed E-state index contributed by atoms with van der Waals surface area (Å²) in [6.07, 6.45) is 2.02. The molecule has 1 aliphatic rings. The van der Waals surface area contributed by atoms with Gasteiger partial charge in [0.1, 0.15) is 0 Å². The lowest BCUT2D eigenvalue weighted by molar-refractivity contribution is -0.120. The number of hydrogen-bond acceptors (Lipinski definition) is 2. The van der Waals surface area contributed by atoms with Gasteiger partial charge in [0, 0.05) is 12.2 Å².